The number of rotatable bonds is 1. The van der Waals surface area contributed by atoms with Crippen molar-refractivity contribution in [2.75, 3.05) is 14.2 Å². The Balaban J connectivity index is 3.51. The van der Waals surface area contributed by atoms with E-state index in [1.807, 2.05) is 7.11 Å². The topological polar surface area (TPSA) is 12.5 Å². The summed E-state index contributed by atoms with van der Waals surface area (Å²) in [6.45, 7) is 15.7. The molecule has 2 nitrogen and oxygen atoms in total. The molecule has 1 atom stereocenters. The van der Waals surface area contributed by atoms with Gasteiger partial charge < -0.3 is 4.74 Å². The highest BCUT2D eigenvalue weighted by Crippen LogP contribution is 2.47. The minimum absolute atomic E-state index is 0.0190. The zero-order valence-corrected chi connectivity index (χ0v) is 12.4. The van der Waals surface area contributed by atoms with Crippen molar-refractivity contribution in [3.8, 4) is 0 Å². The summed E-state index contributed by atoms with van der Waals surface area (Å²) >= 11 is 0. The Morgan fingerprint density at radius 1 is 0.938 bits per heavy atom. The molecule has 94 valence electrons. The van der Waals surface area contributed by atoms with Crippen LogP contribution in [-0.4, -0.2) is 35.7 Å². The number of nitrogens with zero attached hydrogens (tertiary/aromatic N) is 1. The van der Waals surface area contributed by atoms with Crippen molar-refractivity contribution in [1.82, 2.24) is 4.90 Å². The lowest BCUT2D eigenvalue weighted by Crippen LogP contribution is -2.68. The van der Waals surface area contributed by atoms with Gasteiger partial charge in [-0.25, -0.2) is 0 Å². The molecular weight excluding hydrogens is 198 g/mol. The highest BCUT2D eigenvalue weighted by Gasteiger charge is 2.54. The molecule has 0 amide bonds. The molecule has 1 aliphatic heterocycles. The third kappa shape index (κ3) is 1.39. The number of likely N-dealkylation sites (N-methyl/N-ethyl adjacent to an activating group) is 1. The Morgan fingerprint density at radius 3 is 1.75 bits per heavy atom. The van der Waals surface area contributed by atoms with Gasteiger partial charge in [0, 0.05) is 18.2 Å². The van der Waals surface area contributed by atoms with E-state index in [2.05, 4.69) is 60.4 Å². The summed E-state index contributed by atoms with van der Waals surface area (Å²) < 4.78 is 5.84. The maximum absolute atomic E-state index is 5.84. The van der Waals surface area contributed by atoms with Crippen LogP contribution in [0.25, 0.3) is 0 Å². The first-order valence-corrected chi connectivity index (χ1v) is 6.01. The predicted molar refractivity (Wildman–Crippen MR) is 69.7 cm³/mol. The summed E-state index contributed by atoms with van der Waals surface area (Å²) in [6.07, 6.45) is 0. The van der Waals surface area contributed by atoms with Crippen LogP contribution in [0.15, 0.2) is 11.1 Å². The van der Waals surface area contributed by atoms with Gasteiger partial charge in [0.15, 0.2) is 0 Å². The van der Waals surface area contributed by atoms with Crippen LogP contribution >= 0.6 is 0 Å². The lowest BCUT2D eigenvalue weighted by Gasteiger charge is -2.60. The molecule has 0 saturated heterocycles. The van der Waals surface area contributed by atoms with Crippen LogP contribution in [0.1, 0.15) is 48.5 Å². The van der Waals surface area contributed by atoms with Crippen molar-refractivity contribution in [2.24, 2.45) is 0 Å². The number of methoxy groups -OCH3 is 1. The van der Waals surface area contributed by atoms with Crippen LogP contribution in [-0.2, 0) is 4.74 Å². The van der Waals surface area contributed by atoms with Gasteiger partial charge in [0.1, 0.15) is 5.60 Å². The molecule has 0 N–H and O–H groups in total. The van der Waals surface area contributed by atoms with Gasteiger partial charge in [0.25, 0.3) is 0 Å². The molecule has 0 aliphatic carbocycles. The summed E-state index contributed by atoms with van der Waals surface area (Å²) in [7, 11) is 4.00. The monoisotopic (exact) mass is 225 g/mol. The van der Waals surface area contributed by atoms with E-state index in [1.54, 1.807) is 0 Å². The van der Waals surface area contributed by atoms with Gasteiger partial charge in [-0.3, -0.25) is 4.90 Å². The standard InChI is InChI=1S/C14H27NO/c1-10-11(2)14(7,16-9)13(5,6)15(8)12(10,3)4/h1-9H3. The minimum Gasteiger partial charge on any atom is -0.372 e. The van der Waals surface area contributed by atoms with Gasteiger partial charge in [-0.05, 0) is 61.1 Å². The van der Waals surface area contributed by atoms with Crippen molar-refractivity contribution in [1.29, 1.82) is 0 Å². The molecule has 0 spiro atoms. The van der Waals surface area contributed by atoms with Crippen molar-refractivity contribution in [2.45, 2.75) is 65.1 Å². The lowest BCUT2D eigenvalue weighted by atomic mass is 9.67. The van der Waals surface area contributed by atoms with Crippen molar-refractivity contribution >= 4 is 0 Å². The van der Waals surface area contributed by atoms with Crippen LogP contribution in [0.2, 0.25) is 0 Å². The number of hydrogen-bond donors (Lipinski definition) is 0. The Kier molecular flexibility index (Phi) is 3.07. The first-order chi connectivity index (χ1) is 7.03. The van der Waals surface area contributed by atoms with Gasteiger partial charge in [0.05, 0.1) is 0 Å². The molecule has 0 aromatic carbocycles. The van der Waals surface area contributed by atoms with Crippen molar-refractivity contribution < 1.29 is 4.74 Å². The van der Waals surface area contributed by atoms with E-state index < -0.39 is 0 Å². The van der Waals surface area contributed by atoms with Crippen LogP contribution in [0.4, 0.5) is 0 Å². The fourth-order valence-electron chi connectivity index (χ4n) is 2.95. The van der Waals surface area contributed by atoms with Crippen LogP contribution in [0.3, 0.4) is 0 Å². The summed E-state index contributed by atoms with van der Waals surface area (Å²) in [4.78, 5) is 2.42. The van der Waals surface area contributed by atoms with Crippen molar-refractivity contribution in [3.63, 3.8) is 0 Å². The minimum atomic E-state index is -0.221. The van der Waals surface area contributed by atoms with E-state index in [0.29, 0.717) is 0 Å². The molecule has 0 fully saturated rings. The van der Waals surface area contributed by atoms with Gasteiger partial charge in [0.2, 0.25) is 0 Å². The third-order valence-electron chi connectivity index (χ3n) is 5.45. The molecular formula is C14H27NO. The van der Waals surface area contributed by atoms with Crippen LogP contribution in [0, 0.1) is 0 Å². The second kappa shape index (κ2) is 3.58. The molecule has 0 saturated carbocycles. The highest BCUT2D eigenvalue weighted by molar-refractivity contribution is 5.37. The largest absolute Gasteiger partial charge is 0.372 e. The molecule has 0 bridgehead atoms. The van der Waals surface area contributed by atoms with E-state index >= 15 is 0 Å². The van der Waals surface area contributed by atoms with E-state index in [4.69, 9.17) is 4.74 Å². The smallest absolute Gasteiger partial charge is 0.104 e. The molecule has 0 radical (unpaired) electrons. The van der Waals surface area contributed by atoms with Gasteiger partial charge >= 0.3 is 0 Å². The lowest BCUT2D eigenvalue weighted by molar-refractivity contribution is -0.114. The van der Waals surface area contributed by atoms with E-state index in [-0.39, 0.29) is 16.7 Å². The molecule has 1 unspecified atom stereocenters. The normalized spacial score (nSPS) is 34.3. The molecule has 2 heteroatoms. The maximum atomic E-state index is 5.84. The number of ether oxygens (including phenoxy) is 1. The first-order valence-electron chi connectivity index (χ1n) is 6.01. The van der Waals surface area contributed by atoms with Gasteiger partial charge in [-0.2, -0.15) is 0 Å². The SMILES string of the molecule is COC1(C)C(C)=C(C)C(C)(C)N(C)C1(C)C. The van der Waals surface area contributed by atoms with Crippen LogP contribution < -0.4 is 0 Å². The van der Waals surface area contributed by atoms with Gasteiger partial charge in [-0.15, -0.1) is 0 Å². The average Bonchev–Trinajstić information content (AvgIpc) is 2.22. The average molecular weight is 225 g/mol. The second-order valence-electron chi connectivity index (χ2n) is 6.16. The predicted octanol–water partition coefficient (Wildman–Crippen LogP) is 3.23. The summed E-state index contributed by atoms with van der Waals surface area (Å²) in [5, 5.41) is 0. The zero-order chi connectivity index (χ0) is 12.9. The molecule has 16 heavy (non-hydrogen) atoms. The van der Waals surface area contributed by atoms with E-state index in [1.165, 1.54) is 11.1 Å². The fourth-order valence-corrected chi connectivity index (χ4v) is 2.95. The molecule has 1 heterocycles. The maximum Gasteiger partial charge on any atom is 0.104 e. The Bertz CT molecular complexity index is 328. The zero-order valence-electron chi connectivity index (χ0n) is 12.4. The Morgan fingerprint density at radius 2 is 1.38 bits per heavy atom. The first kappa shape index (κ1) is 13.7. The quantitative estimate of drug-likeness (QED) is 0.635. The molecule has 1 aliphatic rings. The van der Waals surface area contributed by atoms with Gasteiger partial charge in [-0.1, -0.05) is 5.57 Å². The number of hydrogen-bond acceptors (Lipinski definition) is 2. The molecule has 0 aromatic heterocycles. The van der Waals surface area contributed by atoms with E-state index in [0.717, 1.165) is 0 Å². The molecule has 1 rings (SSSR count). The highest BCUT2D eigenvalue weighted by atomic mass is 16.5. The second-order valence-corrected chi connectivity index (χ2v) is 6.16. The summed E-state index contributed by atoms with van der Waals surface area (Å²) in [5.41, 5.74) is 2.63. The Labute approximate surface area is 101 Å². The van der Waals surface area contributed by atoms with Crippen molar-refractivity contribution in [3.05, 3.63) is 11.1 Å². The molecule has 0 aromatic rings. The Hall–Kier alpha value is -0.340. The summed E-state index contributed by atoms with van der Waals surface area (Å²) in [6, 6.07) is 0. The third-order valence-corrected chi connectivity index (χ3v) is 5.45. The van der Waals surface area contributed by atoms with E-state index in [9.17, 15) is 0 Å². The fraction of sp³-hybridized carbons (Fsp3) is 0.857. The van der Waals surface area contributed by atoms with Crippen LogP contribution in [0.5, 0.6) is 0 Å². The summed E-state index contributed by atoms with van der Waals surface area (Å²) in [5.74, 6) is 0.